The summed E-state index contributed by atoms with van der Waals surface area (Å²) in [6.07, 6.45) is 1.37. The number of aromatic amines is 1. The van der Waals surface area contributed by atoms with Crippen LogP contribution in [0.1, 0.15) is 19.7 Å². The minimum absolute atomic E-state index is 0.0297. The highest BCUT2D eigenvalue weighted by atomic mass is 16.2. The van der Waals surface area contributed by atoms with E-state index in [1.54, 1.807) is 7.05 Å². The van der Waals surface area contributed by atoms with E-state index in [9.17, 15) is 9.59 Å². The predicted octanol–water partition coefficient (Wildman–Crippen LogP) is -1.14. The minimum atomic E-state index is -0.604. The summed E-state index contributed by atoms with van der Waals surface area (Å²) in [4.78, 5) is 28.7. The average Bonchev–Trinajstić information content (AvgIpc) is 2.86. The second kappa shape index (κ2) is 6.83. The highest BCUT2D eigenvalue weighted by Crippen LogP contribution is 1.98. The quantitative estimate of drug-likeness (QED) is 0.603. The Morgan fingerprint density at radius 3 is 2.74 bits per heavy atom. The maximum atomic E-state index is 11.8. The molecule has 0 unspecified atom stereocenters. The fourth-order valence-electron chi connectivity index (χ4n) is 1.34. The number of nitrogens with zero attached hydrogens (tertiary/aromatic N) is 3. The lowest BCUT2D eigenvalue weighted by Crippen LogP contribution is -2.47. The van der Waals surface area contributed by atoms with Gasteiger partial charge in [-0.3, -0.25) is 14.7 Å². The molecule has 0 radical (unpaired) electrons. The molecule has 0 spiro atoms. The summed E-state index contributed by atoms with van der Waals surface area (Å²) in [6.45, 7) is 3.93. The van der Waals surface area contributed by atoms with Gasteiger partial charge in [-0.1, -0.05) is 13.8 Å². The summed E-state index contributed by atoms with van der Waals surface area (Å²) in [7, 11) is 1.62. The van der Waals surface area contributed by atoms with Gasteiger partial charge in [0.1, 0.15) is 12.2 Å². The Labute approximate surface area is 111 Å². The Kier molecular flexibility index (Phi) is 5.43. The van der Waals surface area contributed by atoms with Crippen molar-refractivity contribution in [3.8, 4) is 0 Å². The first kappa shape index (κ1) is 15.1. The van der Waals surface area contributed by atoms with E-state index in [0.717, 1.165) is 0 Å². The van der Waals surface area contributed by atoms with Gasteiger partial charge in [0.05, 0.1) is 19.1 Å². The molecule has 1 atom stereocenters. The molecule has 0 aliphatic carbocycles. The number of nitrogens with one attached hydrogen (secondary N) is 2. The fraction of sp³-hybridized carbons (Fsp3) is 0.636. The van der Waals surface area contributed by atoms with Crippen LogP contribution >= 0.6 is 0 Å². The third-order valence-corrected chi connectivity index (χ3v) is 2.71. The second-order valence-corrected chi connectivity index (χ2v) is 4.67. The molecular weight excluding hydrogens is 248 g/mol. The number of H-pyrrole nitrogens is 1. The third-order valence-electron chi connectivity index (χ3n) is 2.71. The van der Waals surface area contributed by atoms with Crippen LogP contribution in [0.4, 0.5) is 0 Å². The zero-order chi connectivity index (χ0) is 14.4. The Morgan fingerprint density at radius 2 is 2.21 bits per heavy atom. The van der Waals surface area contributed by atoms with Crippen molar-refractivity contribution >= 4 is 11.8 Å². The molecule has 0 fully saturated rings. The number of rotatable bonds is 6. The summed E-state index contributed by atoms with van der Waals surface area (Å²) in [6, 6.07) is -0.604. The molecule has 0 saturated heterocycles. The van der Waals surface area contributed by atoms with Gasteiger partial charge < -0.3 is 16.0 Å². The summed E-state index contributed by atoms with van der Waals surface area (Å²) >= 11 is 0. The van der Waals surface area contributed by atoms with Crippen LogP contribution in [0.25, 0.3) is 0 Å². The zero-order valence-corrected chi connectivity index (χ0v) is 11.4. The lowest BCUT2D eigenvalue weighted by molar-refractivity contribution is -0.132. The van der Waals surface area contributed by atoms with E-state index in [1.807, 2.05) is 13.8 Å². The van der Waals surface area contributed by atoms with E-state index in [2.05, 4.69) is 20.5 Å². The molecular formula is C11H20N6O2. The maximum absolute atomic E-state index is 11.8. The van der Waals surface area contributed by atoms with Crippen molar-refractivity contribution in [3.63, 3.8) is 0 Å². The van der Waals surface area contributed by atoms with Gasteiger partial charge in [0, 0.05) is 7.05 Å². The Hall–Kier alpha value is -1.96. The van der Waals surface area contributed by atoms with Gasteiger partial charge in [0.15, 0.2) is 0 Å². The maximum Gasteiger partial charge on any atom is 0.242 e. The van der Waals surface area contributed by atoms with Gasteiger partial charge in [-0.15, -0.1) is 0 Å². The van der Waals surface area contributed by atoms with Gasteiger partial charge in [-0.25, -0.2) is 4.98 Å². The van der Waals surface area contributed by atoms with Crippen LogP contribution in [0.2, 0.25) is 0 Å². The third kappa shape index (κ3) is 4.66. The number of amides is 2. The average molecular weight is 268 g/mol. The van der Waals surface area contributed by atoms with Gasteiger partial charge in [-0.05, 0) is 5.92 Å². The number of carbonyl (C=O) groups is 2. The molecule has 0 aliphatic rings. The number of aromatic nitrogens is 3. The summed E-state index contributed by atoms with van der Waals surface area (Å²) in [5.41, 5.74) is 5.67. The van der Waals surface area contributed by atoms with Crippen LogP contribution in [0.5, 0.6) is 0 Å². The lowest BCUT2D eigenvalue weighted by Gasteiger charge is -2.18. The molecule has 1 rings (SSSR count). The molecule has 8 heteroatoms. The number of likely N-dealkylation sites (N-methyl/N-ethyl adjacent to an activating group) is 1. The van der Waals surface area contributed by atoms with Crippen LogP contribution in [-0.4, -0.2) is 51.5 Å². The standard InChI is InChI=1S/C11H20N6O2/c1-7(2)10(12)11(19)13-4-9(18)17(3)5-8-14-6-15-16-8/h6-7,10H,4-5,12H2,1-3H3,(H,13,19)(H,14,15,16)/t10-/m0/s1. The summed E-state index contributed by atoms with van der Waals surface area (Å²) in [5, 5.41) is 8.87. The summed E-state index contributed by atoms with van der Waals surface area (Å²) < 4.78 is 0. The number of hydrogen-bond donors (Lipinski definition) is 3. The van der Waals surface area contributed by atoms with Crippen molar-refractivity contribution in [2.75, 3.05) is 13.6 Å². The van der Waals surface area contributed by atoms with Crippen molar-refractivity contribution in [3.05, 3.63) is 12.2 Å². The van der Waals surface area contributed by atoms with Crippen LogP contribution in [0, 0.1) is 5.92 Å². The highest BCUT2D eigenvalue weighted by molar-refractivity contribution is 5.87. The van der Waals surface area contributed by atoms with Gasteiger partial charge in [-0.2, -0.15) is 5.10 Å². The SMILES string of the molecule is CC(C)[C@H](N)C(=O)NCC(=O)N(C)Cc1ncn[nH]1. The molecule has 0 aliphatic heterocycles. The van der Waals surface area contributed by atoms with E-state index in [1.165, 1.54) is 11.2 Å². The molecule has 19 heavy (non-hydrogen) atoms. The van der Waals surface area contributed by atoms with Gasteiger partial charge in [0.2, 0.25) is 11.8 Å². The zero-order valence-electron chi connectivity index (χ0n) is 11.4. The Bertz CT molecular complexity index is 417. The monoisotopic (exact) mass is 268 g/mol. The van der Waals surface area contributed by atoms with Crippen LogP contribution < -0.4 is 11.1 Å². The number of hydrogen-bond acceptors (Lipinski definition) is 5. The second-order valence-electron chi connectivity index (χ2n) is 4.67. The molecule has 0 saturated carbocycles. The van der Waals surface area contributed by atoms with Gasteiger partial charge in [0.25, 0.3) is 0 Å². The normalized spacial score (nSPS) is 12.3. The molecule has 1 aromatic rings. The fourth-order valence-corrected chi connectivity index (χ4v) is 1.34. The van der Waals surface area contributed by atoms with Crippen molar-refractivity contribution in [1.82, 2.24) is 25.4 Å². The minimum Gasteiger partial charge on any atom is -0.346 e. The molecule has 4 N–H and O–H groups in total. The van der Waals surface area contributed by atoms with E-state index in [4.69, 9.17) is 5.73 Å². The molecule has 1 aromatic heterocycles. The first-order valence-electron chi connectivity index (χ1n) is 6.03. The van der Waals surface area contributed by atoms with E-state index < -0.39 is 6.04 Å². The Balaban J connectivity index is 2.36. The first-order valence-corrected chi connectivity index (χ1v) is 6.03. The lowest BCUT2D eigenvalue weighted by atomic mass is 10.1. The van der Waals surface area contributed by atoms with Crippen molar-refractivity contribution in [1.29, 1.82) is 0 Å². The molecule has 0 bridgehead atoms. The van der Waals surface area contributed by atoms with Crippen LogP contribution in [0.3, 0.4) is 0 Å². The van der Waals surface area contributed by atoms with E-state index >= 15 is 0 Å². The van der Waals surface area contributed by atoms with Gasteiger partial charge >= 0.3 is 0 Å². The molecule has 0 aromatic carbocycles. The molecule has 106 valence electrons. The van der Waals surface area contributed by atoms with Crippen LogP contribution in [-0.2, 0) is 16.1 Å². The van der Waals surface area contributed by atoms with Crippen LogP contribution in [0.15, 0.2) is 6.33 Å². The molecule has 2 amide bonds. The smallest absolute Gasteiger partial charge is 0.242 e. The van der Waals surface area contributed by atoms with E-state index in [0.29, 0.717) is 12.4 Å². The number of nitrogens with two attached hydrogens (primary N) is 1. The first-order chi connectivity index (χ1) is 8.91. The molecule has 1 heterocycles. The van der Waals surface area contributed by atoms with E-state index in [-0.39, 0.29) is 24.3 Å². The molecule has 8 nitrogen and oxygen atoms in total. The van der Waals surface area contributed by atoms with Crippen molar-refractivity contribution in [2.24, 2.45) is 11.7 Å². The van der Waals surface area contributed by atoms with Crippen molar-refractivity contribution < 1.29 is 9.59 Å². The summed E-state index contributed by atoms with van der Waals surface area (Å²) in [5.74, 6) is 0.0696. The predicted molar refractivity (Wildman–Crippen MR) is 68.7 cm³/mol. The Morgan fingerprint density at radius 1 is 1.53 bits per heavy atom. The van der Waals surface area contributed by atoms with Crippen molar-refractivity contribution in [2.45, 2.75) is 26.4 Å². The largest absolute Gasteiger partial charge is 0.346 e. The number of carbonyl (C=O) groups excluding carboxylic acids is 2. The topological polar surface area (TPSA) is 117 Å². The highest BCUT2D eigenvalue weighted by Gasteiger charge is 2.18.